The molecule has 0 unspecified atom stereocenters. The van der Waals surface area contributed by atoms with Crippen LogP contribution in [-0.4, -0.2) is 13.1 Å². The van der Waals surface area contributed by atoms with Gasteiger partial charge in [-0.25, -0.2) is 4.79 Å². The van der Waals surface area contributed by atoms with Gasteiger partial charge < -0.3 is 15.4 Å². The third-order valence-electron chi connectivity index (χ3n) is 2.45. The normalized spacial score (nSPS) is 15.1. The van der Waals surface area contributed by atoms with Crippen LogP contribution in [0, 0.1) is 18.3 Å². The number of anilines is 2. The molecule has 5 nitrogen and oxygen atoms in total. The zero-order valence-electron chi connectivity index (χ0n) is 9.50. The Kier molecular flexibility index (Phi) is 2.71. The second-order valence-electron chi connectivity index (χ2n) is 3.65. The summed E-state index contributed by atoms with van der Waals surface area (Å²) in [6.07, 6.45) is 0. The van der Waals surface area contributed by atoms with Gasteiger partial charge in [0.05, 0.1) is 18.5 Å². The van der Waals surface area contributed by atoms with Gasteiger partial charge in [0, 0.05) is 0 Å². The number of carbonyl (C=O) groups is 1. The van der Waals surface area contributed by atoms with Crippen molar-refractivity contribution in [3.63, 3.8) is 0 Å². The highest BCUT2D eigenvalue weighted by Gasteiger charge is 2.22. The lowest BCUT2D eigenvalue weighted by Crippen LogP contribution is -2.12. The highest BCUT2D eigenvalue weighted by molar-refractivity contribution is 5.96. The van der Waals surface area contributed by atoms with Crippen LogP contribution >= 0.6 is 0 Å². The lowest BCUT2D eigenvalue weighted by molar-refractivity contribution is -0.135. The number of aryl methyl sites for hydroxylation is 1. The van der Waals surface area contributed by atoms with Gasteiger partial charge >= 0.3 is 5.97 Å². The number of fused-ring (bicyclic) bond motifs is 1. The Morgan fingerprint density at radius 3 is 2.71 bits per heavy atom. The summed E-state index contributed by atoms with van der Waals surface area (Å²) in [6.45, 7) is 1.97. The molecule has 0 saturated heterocycles. The Morgan fingerprint density at radius 2 is 2.06 bits per heavy atom. The molecule has 2 N–H and O–H groups in total. The number of nitrogens with zero attached hydrogens (tertiary/aromatic N) is 1. The molecule has 17 heavy (non-hydrogen) atoms. The second-order valence-corrected chi connectivity index (χ2v) is 3.65. The first-order valence-corrected chi connectivity index (χ1v) is 5.03. The number of benzene rings is 1. The van der Waals surface area contributed by atoms with Crippen LogP contribution in [0.4, 0.5) is 11.4 Å². The monoisotopic (exact) mass is 229 g/mol. The predicted molar refractivity (Wildman–Crippen MR) is 63.1 cm³/mol. The molecular formula is C12H11N3O2. The van der Waals surface area contributed by atoms with Crippen molar-refractivity contribution in [1.82, 2.24) is 0 Å². The van der Waals surface area contributed by atoms with Crippen molar-refractivity contribution in [2.24, 2.45) is 0 Å². The molecule has 1 aliphatic rings. The lowest BCUT2D eigenvalue weighted by Gasteiger charge is -2.02. The van der Waals surface area contributed by atoms with Crippen molar-refractivity contribution >= 4 is 17.3 Å². The molecule has 0 aromatic heterocycles. The summed E-state index contributed by atoms with van der Waals surface area (Å²) in [6, 6.07) is 7.59. The number of carbonyl (C=O) groups excluding carboxylic acids is 1. The van der Waals surface area contributed by atoms with Gasteiger partial charge in [0.25, 0.3) is 0 Å². The van der Waals surface area contributed by atoms with E-state index in [2.05, 4.69) is 15.4 Å². The Balaban J connectivity index is 2.39. The van der Waals surface area contributed by atoms with Gasteiger partial charge in [-0.2, -0.15) is 5.26 Å². The number of ether oxygens (including phenoxy) is 1. The molecule has 0 aliphatic carbocycles. The average Bonchev–Trinajstić information content (AvgIpc) is 2.72. The molecule has 0 amide bonds. The number of rotatable bonds is 1. The van der Waals surface area contributed by atoms with Crippen molar-refractivity contribution in [2.45, 2.75) is 6.92 Å². The van der Waals surface area contributed by atoms with Crippen molar-refractivity contribution in [3.8, 4) is 6.07 Å². The van der Waals surface area contributed by atoms with Gasteiger partial charge in [-0.3, -0.25) is 0 Å². The van der Waals surface area contributed by atoms with E-state index in [0.29, 0.717) is 5.82 Å². The minimum absolute atomic E-state index is 0.0682. The highest BCUT2D eigenvalue weighted by Crippen LogP contribution is 2.32. The van der Waals surface area contributed by atoms with E-state index < -0.39 is 5.97 Å². The first-order chi connectivity index (χ1) is 8.15. The Bertz CT molecular complexity index is 555. The molecule has 2 rings (SSSR count). The Labute approximate surface area is 98.7 Å². The third kappa shape index (κ3) is 1.93. The van der Waals surface area contributed by atoms with Crippen LogP contribution < -0.4 is 10.6 Å². The summed E-state index contributed by atoms with van der Waals surface area (Å²) < 4.78 is 4.54. The average molecular weight is 229 g/mol. The quantitative estimate of drug-likeness (QED) is 0.436. The summed E-state index contributed by atoms with van der Waals surface area (Å²) in [4.78, 5) is 11.4. The SMILES string of the molecule is COC(=O)/C(C#N)=C1\Nc2ccc(C)cc2N1. The van der Waals surface area contributed by atoms with Gasteiger partial charge in [-0.05, 0) is 24.6 Å². The summed E-state index contributed by atoms with van der Waals surface area (Å²) in [7, 11) is 1.24. The number of hydrogen-bond donors (Lipinski definition) is 2. The van der Waals surface area contributed by atoms with E-state index in [9.17, 15) is 4.79 Å². The summed E-state index contributed by atoms with van der Waals surface area (Å²) in [5, 5.41) is 14.9. The van der Waals surface area contributed by atoms with Crippen molar-refractivity contribution < 1.29 is 9.53 Å². The second kappa shape index (κ2) is 4.18. The topological polar surface area (TPSA) is 74.2 Å². The van der Waals surface area contributed by atoms with E-state index in [4.69, 9.17) is 5.26 Å². The van der Waals surface area contributed by atoms with Crippen LogP contribution in [0.2, 0.25) is 0 Å². The van der Waals surface area contributed by atoms with Crippen LogP contribution in [0.25, 0.3) is 0 Å². The number of esters is 1. The fourth-order valence-electron chi connectivity index (χ4n) is 1.60. The third-order valence-corrected chi connectivity index (χ3v) is 2.45. The van der Waals surface area contributed by atoms with Gasteiger partial charge in [0.1, 0.15) is 11.9 Å². The molecule has 0 spiro atoms. The maximum absolute atomic E-state index is 11.4. The van der Waals surface area contributed by atoms with Crippen molar-refractivity contribution in [1.29, 1.82) is 5.26 Å². The number of nitrogens with one attached hydrogen (secondary N) is 2. The minimum Gasteiger partial charge on any atom is -0.465 e. The largest absolute Gasteiger partial charge is 0.465 e. The maximum atomic E-state index is 11.4. The molecule has 0 saturated carbocycles. The molecule has 0 fully saturated rings. The van der Waals surface area contributed by atoms with E-state index in [1.54, 1.807) is 0 Å². The van der Waals surface area contributed by atoms with Crippen LogP contribution in [0.3, 0.4) is 0 Å². The molecular weight excluding hydrogens is 218 g/mol. The van der Waals surface area contributed by atoms with Crippen LogP contribution in [0.1, 0.15) is 5.56 Å². The summed E-state index contributed by atoms with van der Waals surface area (Å²) in [5.74, 6) is -0.299. The Morgan fingerprint density at radius 1 is 1.35 bits per heavy atom. The van der Waals surface area contributed by atoms with Gasteiger partial charge in [0.2, 0.25) is 0 Å². The molecule has 1 aliphatic heterocycles. The van der Waals surface area contributed by atoms with E-state index in [1.165, 1.54) is 7.11 Å². The molecule has 1 heterocycles. The van der Waals surface area contributed by atoms with E-state index in [-0.39, 0.29) is 5.57 Å². The molecule has 86 valence electrons. The zero-order valence-corrected chi connectivity index (χ0v) is 9.50. The van der Waals surface area contributed by atoms with Crippen LogP contribution in [-0.2, 0) is 9.53 Å². The first kappa shape index (κ1) is 11.0. The van der Waals surface area contributed by atoms with E-state index in [1.807, 2.05) is 31.2 Å². The van der Waals surface area contributed by atoms with E-state index >= 15 is 0 Å². The maximum Gasteiger partial charge on any atom is 0.352 e. The first-order valence-electron chi connectivity index (χ1n) is 5.03. The van der Waals surface area contributed by atoms with Gasteiger partial charge in [-0.1, -0.05) is 6.07 Å². The van der Waals surface area contributed by atoms with Crippen LogP contribution in [0.5, 0.6) is 0 Å². The fraction of sp³-hybridized carbons (Fsp3) is 0.167. The number of methoxy groups -OCH3 is 1. The Hall–Kier alpha value is -2.48. The highest BCUT2D eigenvalue weighted by atomic mass is 16.5. The van der Waals surface area contributed by atoms with Crippen LogP contribution in [0.15, 0.2) is 29.6 Å². The minimum atomic E-state index is -0.660. The standard InChI is InChI=1S/C12H11N3O2/c1-7-3-4-9-10(5-7)15-11(14-9)8(6-13)12(16)17-2/h3-5,14-15H,1-2H3/b11-8+. The summed E-state index contributed by atoms with van der Waals surface area (Å²) in [5.41, 5.74) is 2.70. The fourth-order valence-corrected chi connectivity index (χ4v) is 1.60. The molecule has 5 heteroatoms. The van der Waals surface area contributed by atoms with Crippen molar-refractivity contribution in [3.05, 3.63) is 35.2 Å². The van der Waals surface area contributed by atoms with Gasteiger partial charge in [-0.15, -0.1) is 0 Å². The smallest absolute Gasteiger partial charge is 0.352 e. The lowest BCUT2D eigenvalue weighted by atomic mass is 10.2. The zero-order chi connectivity index (χ0) is 12.4. The van der Waals surface area contributed by atoms with Crippen molar-refractivity contribution in [2.75, 3.05) is 17.7 Å². The van der Waals surface area contributed by atoms with E-state index in [0.717, 1.165) is 16.9 Å². The molecule has 1 aromatic rings. The molecule has 1 aromatic carbocycles. The summed E-state index contributed by atoms with van der Waals surface area (Å²) >= 11 is 0. The molecule has 0 atom stereocenters. The number of hydrogen-bond acceptors (Lipinski definition) is 5. The number of nitriles is 1. The molecule has 0 bridgehead atoms. The predicted octanol–water partition coefficient (Wildman–Crippen LogP) is 1.74. The molecule has 0 radical (unpaired) electrons. The van der Waals surface area contributed by atoms with Gasteiger partial charge in [0.15, 0.2) is 5.57 Å².